The van der Waals surface area contributed by atoms with Crippen molar-refractivity contribution in [2.24, 2.45) is 5.92 Å². The first-order valence-electron chi connectivity index (χ1n) is 3.68. The Kier molecular flexibility index (Phi) is 4.09. The van der Waals surface area contributed by atoms with E-state index >= 15 is 0 Å². The van der Waals surface area contributed by atoms with E-state index in [9.17, 15) is 13.2 Å². The molecule has 76 valence electrons. The van der Waals surface area contributed by atoms with E-state index in [0.29, 0.717) is 5.70 Å². The van der Waals surface area contributed by atoms with E-state index in [-0.39, 0.29) is 17.6 Å². The lowest BCUT2D eigenvalue weighted by Crippen LogP contribution is -2.09. The van der Waals surface area contributed by atoms with Crippen LogP contribution in [0.3, 0.4) is 0 Å². The van der Waals surface area contributed by atoms with Gasteiger partial charge in [-0.2, -0.15) is 8.42 Å². The summed E-state index contributed by atoms with van der Waals surface area (Å²) in [4.78, 5) is 9.68. The third-order valence-electron chi connectivity index (χ3n) is 1.02. The molecular weight excluding hydrogens is 194 g/mol. The highest BCUT2D eigenvalue weighted by molar-refractivity contribution is 7.85. The fourth-order valence-electron chi connectivity index (χ4n) is 0.527. The molecule has 1 amide bonds. The van der Waals surface area contributed by atoms with Crippen LogP contribution in [0.15, 0.2) is 12.3 Å². The minimum atomic E-state index is -3.72. The lowest BCUT2D eigenvalue weighted by Gasteiger charge is -1.97. The third-order valence-corrected chi connectivity index (χ3v) is 2.11. The molecule has 1 heterocycles. The first-order chi connectivity index (χ1) is 5.72. The molecule has 0 spiro atoms. The van der Waals surface area contributed by atoms with Crippen LogP contribution in [0.1, 0.15) is 13.8 Å². The van der Waals surface area contributed by atoms with Gasteiger partial charge >= 0.3 is 0 Å². The largest absolute Gasteiger partial charge is 0.317 e. The first-order valence-corrected chi connectivity index (χ1v) is 5.28. The van der Waals surface area contributed by atoms with Gasteiger partial charge in [0.05, 0.1) is 11.4 Å². The summed E-state index contributed by atoms with van der Waals surface area (Å²) in [5.74, 6) is -0.164. The average molecular weight is 207 g/mol. The summed E-state index contributed by atoms with van der Waals surface area (Å²) in [5.41, 5.74) is 0.532. The minimum absolute atomic E-state index is 0.00463. The second-order valence-corrected chi connectivity index (χ2v) is 4.57. The monoisotopic (exact) mass is 207 g/mol. The molecule has 0 aromatic heterocycles. The highest BCUT2D eigenvalue weighted by atomic mass is 32.2. The zero-order valence-electron chi connectivity index (χ0n) is 7.57. The van der Waals surface area contributed by atoms with E-state index in [1.807, 2.05) is 0 Å². The van der Waals surface area contributed by atoms with Crippen molar-refractivity contribution in [3.05, 3.63) is 12.3 Å². The Morgan fingerprint density at radius 1 is 1.54 bits per heavy atom. The van der Waals surface area contributed by atoms with Gasteiger partial charge in [0.15, 0.2) is 0 Å². The molecule has 0 aliphatic carbocycles. The van der Waals surface area contributed by atoms with Gasteiger partial charge < -0.3 is 5.32 Å². The Balaban J connectivity index is 0.000000243. The highest BCUT2D eigenvalue weighted by Gasteiger charge is 2.20. The van der Waals surface area contributed by atoms with Gasteiger partial charge in [-0.25, -0.2) is 0 Å². The molecule has 13 heavy (non-hydrogen) atoms. The molecule has 0 radical (unpaired) electrons. The lowest BCUT2D eigenvalue weighted by atomic mass is 10.3. The maximum atomic E-state index is 10.00. The molecule has 1 rings (SSSR count). The van der Waals surface area contributed by atoms with Gasteiger partial charge in [0.25, 0.3) is 16.0 Å². The molecule has 0 atom stereocenters. The predicted octanol–water partition coefficient (Wildman–Crippen LogP) is 0.160. The van der Waals surface area contributed by atoms with Gasteiger partial charge in [-0.3, -0.25) is 9.35 Å². The number of carbonyl (C=O) groups is 1. The van der Waals surface area contributed by atoms with Crippen LogP contribution in [0, 0.1) is 5.92 Å². The van der Waals surface area contributed by atoms with Crippen LogP contribution in [0.4, 0.5) is 0 Å². The van der Waals surface area contributed by atoms with E-state index in [1.54, 1.807) is 13.8 Å². The highest BCUT2D eigenvalue weighted by Crippen LogP contribution is 1.97. The smallest absolute Gasteiger partial charge is 0.271 e. The molecule has 0 saturated carbocycles. The standard InChI is InChI=1S/C4H10O3S.C3H3NO/c1-4(2)3-8(5,6)7;1-2-3(5)4-2/h4H,3H2,1-2H3,(H,5,6,7);1H2,(H,4,5). The fraction of sp³-hybridized carbons (Fsp3) is 0.571. The second kappa shape index (κ2) is 4.38. The van der Waals surface area contributed by atoms with Crippen molar-refractivity contribution in [3.8, 4) is 0 Å². The van der Waals surface area contributed by atoms with E-state index in [1.165, 1.54) is 0 Å². The zero-order valence-corrected chi connectivity index (χ0v) is 8.39. The normalized spacial score (nSPS) is 14.8. The van der Waals surface area contributed by atoms with Crippen molar-refractivity contribution in [1.29, 1.82) is 0 Å². The predicted molar refractivity (Wildman–Crippen MR) is 48.5 cm³/mol. The summed E-state index contributed by atoms with van der Waals surface area (Å²) in [7, 11) is -3.72. The van der Waals surface area contributed by atoms with Gasteiger partial charge in [0.1, 0.15) is 0 Å². The van der Waals surface area contributed by atoms with Crippen molar-refractivity contribution in [1.82, 2.24) is 5.32 Å². The second-order valence-electron chi connectivity index (χ2n) is 3.08. The van der Waals surface area contributed by atoms with Gasteiger partial charge in [-0.15, -0.1) is 0 Å². The summed E-state index contributed by atoms with van der Waals surface area (Å²) < 4.78 is 28.2. The lowest BCUT2D eigenvalue weighted by molar-refractivity contribution is -0.109. The number of carbonyl (C=O) groups excluding carboxylic acids is 1. The van der Waals surface area contributed by atoms with Crippen LogP contribution in [-0.4, -0.2) is 24.6 Å². The van der Waals surface area contributed by atoms with E-state index < -0.39 is 10.1 Å². The third kappa shape index (κ3) is 9.03. The molecular formula is C7H13NO4S. The molecule has 2 N–H and O–H groups in total. The Labute approximate surface area is 77.6 Å². The van der Waals surface area contributed by atoms with Crippen molar-refractivity contribution in [2.45, 2.75) is 13.8 Å². The van der Waals surface area contributed by atoms with Crippen molar-refractivity contribution in [2.75, 3.05) is 5.75 Å². The SMILES string of the molecule is C=C1NC1=O.CC(C)CS(=O)(=O)O. The Morgan fingerprint density at radius 2 is 1.85 bits per heavy atom. The van der Waals surface area contributed by atoms with E-state index in [4.69, 9.17) is 4.55 Å². The van der Waals surface area contributed by atoms with Crippen LogP contribution < -0.4 is 5.32 Å². The van der Waals surface area contributed by atoms with Crippen molar-refractivity contribution < 1.29 is 17.8 Å². The van der Waals surface area contributed by atoms with Gasteiger partial charge in [-0.05, 0) is 5.92 Å². The van der Waals surface area contributed by atoms with E-state index in [0.717, 1.165) is 0 Å². The van der Waals surface area contributed by atoms with Gasteiger partial charge in [0, 0.05) is 0 Å². The molecule has 0 aromatic rings. The molecule has 0 aromatic carbocycles. The quantitative estimate of drug-likeness (QED) is 0.383. The molecule has 0 bridgehead atoms. The maximum Gasteiger partial charge on any atom is 0.271 e. The Morgan fingerprint density at radius 3 is 1.85 bits per heavy atom. The Hall–Kier alpha value is -0.880. The molecule has 1 aliphatic heterocycles. The summed E-state index contributed by atoms with van der Waals surface area (Å²) in [6.07, 6.45) is 0. The fourth-order valence-corrected chi connectivity index (χ4v) is 1.37. The van der Waals surface area contributed by atoms with Crippen LogP contribution in [0.5, 0.6) is 0 Å². The number of nitrogens with one attached hydrogen (secondary N) is 1. The number of hydrogen-bond donors (Lipinski definition) is 2. The average Bonchev–Trinajstić information content (AvgIpc) is 2.38. The van der Waals surface area contributed by atoms with Gasteiger partial charge in [0.2, 0.25) is 0 Å². The first kappa shape index (κ1) is 12.1. The number of hydrogen-bond acceptors (Lipinski definition) is 3. The van der Waals surface area contributed by atoms with E-state index in [2.05, 4.69) is 11.9 Å². The molecule has 5 nitrogen and oxygen atoms in total. The zero-order chi connectivity index (χ0) is 10.6. The van der Waals surface area contributed by atoms with Crippen LogP contribution in [-0.2, 0) is 14.9 Å². The summed E-state index contributed by atoms with van der Waals surface area (Å²) in [5, 5.41) is 2.36. The molecule has 1 fully saturated rings. The summed E-state index contributed by atoms with van der Waals surface area (Å²) in [6.45, 7) is 6.75. The van der Waals surface area contributed by atoms with Crippen LogP contribution >= 0.6 is 0 Å². The van der Waals surface area contributed by atoms with Crippen molar-refractivity contribution >= 4 is 16.0 Å². The molecule has 1 saturated heterocycles. The van der Waals surface area contributed by atoms with Crippen LogP contribution in [0.2, 0.25) is 0 Å². The summed E-state index contributed by atoms with van der Waals surface area (Å²) in [6, 6.07) is 0. The van der Waals surface area contributed by atoms with Gasteiger partial charge in [-0.1, -0.05) is 20.4 Å². The molecule has 1 aliphatic rings. The van der Waals surface area contributed by atoms with Crippen molar-refractivity contribution in [3.63, 3.8) is 0 Å². The van der Waals surface area contributed by atoms with Crippen LogP contribution in [0.25, 0.3) is 0 Å². The summed E-state index contributed by atoms with van der Waals surface area (Å²) >= 11 is 0. The Bertz CT molecular complexity index is 292. The topological polar surface area (TPSA) is 93.4 Å². The molecule has 6 heteroatoms. The molecule has 0 unspecified atom stereocenters. The minimum Gasteiger partial charge on any atom is -0.317 e. The maximum absolute atomic E-state index is 10.00. The number of amides is 1. The number of rotatable bonds is 2.